The molecule has 14 heteroatoms. The number of nitriles is 1. The Labute approximate surface area is 221 Å². The lowest BCUT2D eigenvalue weighted by molar-refractivity contribution is -0.270. The van der Waals surface area contributed by atoms with Crippen molar-refractivity contribution in [2.24, 2.45) is 5.92 Å². The zero-order valence-corrected chi connectivity index (χ0v) is 21.6. The minimum atomic E-state index is -6.16. The summed E-state index contributed by atoms with van der Waals surface area (Å²) in [6.45, 7) is 4.24. The van der Waals surface area contributed by atoms with Crippen molar-refractivity contribution in [3.05, 3.63) is 29.8 Å². The van der Waals surface area contributed by atoms with Gasteiger partial charge in [0, 0.05) is 25.7 Å². The molecule has 4 amide bonds. The number of halogens is 5. The number of amides is 4. The van der Waals surface area contributed by atoms with Gasteiger partial charge in [-0.3, -0.25) is 19.2 Å². The fourth-order valence-electron chi connectivity index (χ4n) is 4.99. The van der Waals surface area contributed by atoms with Crippen LogP contribution in [0.2, 0.25) is 0 Å². The minimum absolute atomic E-state index is 0.00311. The predicted molar refractivity (Wildman–Crippen MR) is 127 cm³/mol. The summed E-state index contributed by atoms with van der Waals surface area (Å²) in [6, 6.07) is 4.77. The molecule has 1 aromatic carbocycles. The lowest BCUT2D eigenvalue weighted by Gasteiger charge is -2.34. The molecular weight excluding hydrogens is 529 g/mol. The van der Waals surface area contributed by atoms with Crippen LogP contribution in [0, 0.1) is 17.2 Å². The SMILES string of the molecule is CC(C)C[C@@H](C(=O)N1C[C@]2(C[C@H]1C#N)C(=O)Nc1ccccc12)N(C)C(=O)[C@H](C)NC(=O)C(F)(F)C(F)(F)F. The third-order valence-corrected chi connectivity index (χ3v) is 7.07. The first kappa shape index (κ1) is 29.8. The maximum absolute atomic E-state index is 13.8. The Kier molecular flexibility index (Phi) is 7.96. The smallest absolute Gasteiger partial charge is 0.339 e. The van der Waals surface area contributed by atoms with Crippen LogP contribution in [-0.4, -0.2) is 77.2 Å². The van der Waals surface area contributed by atoms with Crippen molar-refractivity contribution in [1.29, 1.82) is 5.26 Å². The summed E-state index contributed by atoms with van der Waals surface area (Å²) in [5.41, 5.74) is -0.0146. The lowest BCUT2D eigenvalue weighted by atomic mass is 9.80. The van der Waals surface area contributed by atoms with Gasteiger partial charge < -0.3 is 20.4 Å². The molecule has 2 N–H and O–H groups in total. The van der Waals surface area contributed by atoms with Crippen LogP contribution >= 0.6 is 0 Å². The highest BCUT2D eigenvalue weighted by Gasteiger charge is 2.64. The standard InChI is InChI=1S/C25H28F5N5O4/c1-13(2)9-18(34(4)19(36)14(3)32-22(39)24(26,27)25(28,29)30)20(37)35-12-23(10-15(35)11-31)16-7-5-6-8-17(16)33-21(23)38/h5-8,13-15,18H,9-10,12H2,1-4H3,(H,32,39)(H,33,38)/t14-,15-,18-,23-/m0/s1. The largest absolute Gasteiger partial charge is 0.463 e. The van der Waals surface area contributed by atoms with Gasteiger partial charge in [0.15, 0.2) is 0 Å². The highest BCUT2D eigenvalue weighted by Crippen LogP contribution is 2.46. The van der Waals surface area contributed by atoms with Crippen LogP contribution in [0.4, 0.5) is 27.6 Å². The number of para-hydroxylation sites is 1. The molecule has 1 saturated heterocycles. The molecule has 4 atom stereocenters. The van der Waals surface area contributed by atoms with Crippen LogP contribution in [0.1, 0.15) is 39.2 Å². The number of likely N-dealkylation sites (N-methyl/N-ethyl adjacent to an activating group) is 1. The molecular formula is C25H28F5N5O4. The van der Waals surface area contributed by atoms with E-state index >= 15 is 0 Å². The van der Waals surface area contributed by atoms with E-state index in [-0.39, 0.29) is 31.2 Å². The quantitative estimate of drug-likeness (QED) is 0.499. The molecule has 0 aromatic heterocycles. The molecule has 9 nitrogen and oxygen atoms in total. The van der Waals surface area contributed by atoms with Crippen molar-refractivity contribution in [3.63, 3.8) is 0 Å². The van der Waals surface area contributed by atoms with E-state index < -0.39 is 53.4 Å². The number of fused-ring (bicyclic) bond motifs is 2. The first-order chi connectivity index (χ1) is 18.0. The van der Waals surface area contributed by atoms with E-state index in [0.29, 0.717) is 11.3 Å². The van der Waals surface area contributed by atoms with E-state index in [1.54, 1.807) is 38.1 Å². The van der Waals surface area contributed by atoms with E-state index in [1.807, 2.05) is 6.07 Å². The number of benzene rings is 1. The average Bonchev–Trinajstić information content (AvgIpc) is 3.38. The molecule has 1 aromatic rings. The number of alkyl halides is 5. The molecule has 0 aliphatic carbocycles. The normalized spacial score (nSPS) is 22.2. The van der Waals surface area contributed by atoms with E-state index in [0.717, 1.165) is 18.9 Å². The summed E-state index contributed by atoms with van der Waals surface area (Å²) in [5.74, 6) is -10.8. The molecule has 2 aliphatic heterocycles. The first-order valence-electron chi connectivity index (χ1n) is 12.1. The van der Waals surface area contributed by atoms with Gasteiger partial charge >= 0.3 is 18.0 Å². The molecule has 0 radical (unpaired) electrons. The maximum Gasteiger partial charge on any atom is 0.463 e. The van der Waals surface area contributed by atoms with Crippen molar-refractivity contribution in [2.45, 2.75) is 69.3 Å². The van der Waals surface area contributed by atoms with Gasteiger partial charge in [0.2, 0.25) is 17.7 Å². The van der Waals surface area contributed by atoms with Crippen LogP contribution in [0.5, 0.6) is 0 Å². The summed E-state index contributed by atoms with van der Waals surface area (Å²) in [6.07, 6.45) is -6.11. The molecule has 0 saturated carbocycles. The zero-order chi connectivity index (χ0) is 29.5. The number of nitrogens with zero attached hydrogens (tertiary/aromatic N) is 3. The van der Waals surface area contributed by atoms with Crippen molar-refractivity contribution in [2.75, 3.05) is 18.9 Å². The first-order valence-corrected chi connectivity index (χ1v) is 12.1. The Morgan fingerprint density at radius 2 is 1.82 bits per heavy atom. The molecule has 0 bridgehead atoms. The zero-order valence-electron chi connectivity index (χ0n) is 21.6. The van der Waals surface area contributed by atoms with E-state index in [1.165, 1.54) is 10.2 Å². The van der Waals surface area contributed by atoms with Crippen molar-refractivity contribution >= 4 is 29.3 Å². The second-order valence-electron chi connectivity index (χ2n) is 10.3. The number of hydrogen-bond donors (Lipinski definition) is 2. The summed E-state index contributed by atoms with van der Waals surface area (Å²) >= 11 is 0. The lowest BCUT2D eigenvalue weighted by Crippen LogP contribution is -2.58. The highest BCUT2D eigenvalue weighted by atomic mass is 19.4. The number of rotatable bonds is 7. The predicted octanol–water partition coefficient (Wildman–Crippen LogP) is 2.58. The van der Waals surface area contributed by atoms with E-state index in [4.69, 9.17) is 0 Å². The second kappa shape index (κ2) is 10.4. The van der Waals surface area contributed by atoms with Gasteiger partial charge in [-0.25, -0.2) is 0 Å². The van der Waals surface area contributed by atoms with Gasteiger partial charge in [0.25, 0.3) is 0 Å². The Bertz CT molecular complexity index is 1210. The third-order valence-electron chi connectivity index (χ3n) is 7.07. The summed E-state index contributed by atoms with van der Waals surface area (Å²) in [4.78, 5) is 53.4. The summed E-state index contributed by atoms with van der Waals surface area (Å²) in [5, 5.41) is 14.0. The van der Waals surface area contributed by atoms with Crippen LogP contribution in [-0.2, 0) is 24.6 Å². The third kappa shape index (κ3) is 5.26. The van der Waals surface area contributed by atoms with Gasteiger partial charge in [-0.2, -0.15) is 27.2 Å². The van der Waals surface area contributed by atoms with Crippen molar-refractivity contribution < 1.29 is 41.1 Å². The summed E-state index contributed by atoms with van der Waals surface area (Å²) < 4.78 is 64.4. The average molecular weight is 558 g/mol. The van der Waals surface area contributed by atoms with Gasteiger partial charge in [0.1, 0.15) is 18.1 Å². The number of hydrogen-bond acceptors (Lipinski definition) is 5. The Morgan fingerprint density at radius 3 is 2.38 bits per heavy atom. The Balaban J connectivity index is 1.86. The van der Waals surface area contributed by atoms with Gasteiger partial charge in [-0.15, -0.1) is 0 Å². The number of anilines is 1. The molecule has 212 valence electrons. The highest BCUT2D eigenvalue weighted by molar-refractivity contribution is 6.07. The van der Waals surface area contributed by atoms with Crippen molar-refractivity contribution in [3.8, 4) is 6.07 Å². The fraction of sp³-hybridized carbons (Fsp3) is 0.560. The van der Waals surface area contributed by atoms with Crippen LogP contribution < -0.4 is 10.6 Å². The van der Waals surface area contributed by atoms with E-state index in [2.05, 4.69) is 5.32 Å². The fourth-order valence-corrected chi connectivity index (χ4v) is 4.99. The topological polar surface area (TPSA) is 123 Å². The minimum Gasteiger partial charge on any atom is -0.339 e. The van der Waals surface area contributed by atoms with Crippen LogP contribution in [0.25, 0.3) is 0 Å². The molecule has 0 unspecified atom stereocenters. The molecule has 2 heterocycles. The monoisotopic (exact) mass is 557 g/mol. The molecule has 2 aliphatic rings. The second-order valence-corrected chi connectivity index (χ2v) is 10.3. The molecule has 1 fully saturated rings. The molecule has 3 rings (SSSR count). The number of likely N-dealkylation sites (tertiary alicyclic amines) is 1. The van der Waals surface area contributed by atoms with Crippen LogP contribution in [0.3, 0.4) is 0 Å². The number of carbonyl (C=O) groups is 4. The van der Waals surface area contributed by atoms with Crippen molar-refractivity contribution in [1.82, 2.24) is 15.1 Å². The number of carbonyl (C=O) groups excluding carboxylic acids is 4. The molecule has 39 heavy (non-hydrogen) atoms. The Hall–Kier alpha value is -3.76. The maximum atomic E-state index is 13.8. The summed E-state index contributed by atoms with van der Waals surface area (Å²) in [7, 11) is 1.16. The Morgan fingerprint density at radius 1 is 1.21 bits per heavy atom. The number of nitrogens with one attached hydrogen (secondary N) is 2. The van der Waals surface area contributed by atoms with Gasteiger partial charge in [-0.05, 0) is 30.9 Å². The van der Waals surface area contributed by atoms with E-state index in [9.17, 15) is 46.4 Å². The van der Waals surface area contributed by atoms with Gasteiger partial charge in [0.05, 0.1) is 11.5 Å². The van der Waals surface area contributed by atoms with Gasteiger partial charge in [-0.1, -0.05) is 32.0 Å². The molecule has 1 spiro atoms. The van der Waals surface area contributed by atoms with Crippen LogP contribution in [0.15, 0.2) is 24.3 Å².